The lowest BCUT2D eigenvalue weighted by Gasteiger charge is -2.32. The van der Waals surface area contributed by atoms with Crippen molar-refractivity contribution >= 4 is 27.0 Å². The topological polar surface area (TPSA) is 84.3 Å². The first kappa shape index (κ1) is 20.6. The monoisotopic (exact) mass is 426 g/mol. The van der Waals surface area contributed by atoms with Gasteiger partial charge in [-0.15, -0.1) is 0 Å². The Bertz CT molecular complexity index is 1140. The molecule has 1 amide bonds. The van der Waals surface area contributed by atoms with Crippen molar-refractivity contribution in [2.45, 2.75) is 31.7 Å². The van der Waals surface area contributed by atoms with E-state index in [0.717, 1.165) is 41.6 Å². The fourth-order valence-electron chi connectivity index (χ4n) is 4.09. The van der Waals surface area contributed by atoms with E-state index in [-0.39, 0.29) is 11.9 Å². The number of likely N-dealkylation sites (tertiary alicyclic amines) is 1. The number of carbonyl (C=O) groups excluding carboxylic acids is 1. The number of aryl methyl sites for hydroxylation is 1. The number of sulfonamides is 1. The van der Waals surface area contributed by atoms with Crippen molar-refractivity contribution in [1.82, 2.24) is 19.2 Å². The third kappa shape index (κ3) is 4.71. The van der Waals surface area contributed by atoms with Gasteiger partial charge < -0.3 is 4.90 Å². The molecule has 8 heteroatoms. The molecule has 0 aliphatic carbocycles. The molecule has 1 aliphatic rings. The molecule has 1 aromatic heterocycles. The standard InChI is InChI=1S/C22H26N4O3S/c1-30(28,29)24-17-8-7-15-25(16-17)22(27)14-13-21-23-19-11-5-6-12-20(19)26(21)18-9-3-2-4-10-18/h2-6,9-12,17,24H,7-8,13-16H2,1H3. The van der Waals surface area contributed by atoms with Gasteiger partial charge in [-0.3, -0.25) is 9.36 Å². The quantitative estimate of drug-likeness (QED) is 0.656. The number of nitrogens with zero attached hydrogens (tertiary/aromatic N) is 3. The predicted molar refractivity (Wildman–Crippen MR) is 117 cm³/mol. The van der Waals surface area contributed by atoms with Crippen molar-refractivity contribution in [2.75, 3.05) is 19.3 Å². The fourth-order valence-corrected chi connectivity index (χ4v) is 4.89. The van der Waals surface area contributed by atoms with Gasteiger partial charge in [-0.25, -0.2) is 18.1 Å². The van der Waals surface area contributed by atoms with E-state index in [0.29, 0.717) is 25.9 Å². The van der Waals surface area contributed by atoms with E-state index in [1.54, 1.807) is 4.90 Å². The van der Waals surface area contributed by atoms with Crippen molar-refractivity contribution in [3.8, 4) is 5.69 Å². The van der Waals surface area contributed by atoms with Crippen molar-refractivity contribution in [3.05, 3.63) is 60.4 Å². The molecule has 158 valence electrons. The molecule has 1 saturated heterocycles. The van der Waals surface area contributed by atoms with Gasteiger partial charge >= 0.3 is 0 Å². The summed E-state index contributed by atoms with van der Waals surface area (Å²) >= 11 is 0. The number of nitrogens with one attached hydrogen (secondary N) is 1. The van der Waals surface area contributed by atoms with E-state index in [2.05, 4.69) is 9.29 Å². The Hall–Kier alpha value is -2.71. The van der Waals surface area contributed by atoms with Crippen LogP contribution in [0.2, 0.25) is 0 Å². The number of benzene rings is 2. The summed E-state index contributed by atoms with van der Waals surface area (Å²) in [5.74, 6) is 0.875. The molecule has 1 N–H and O–H groups in total. The number of hydrogen-bond acceptors (Lipinski definition) is 4. The molecule has 0 saturated carbocycles. The summed E-state index contributed by atoms with van der Waals surface area (Å²) < 4.78 is 27.8. The number of aromatic nitrogens is 2. The largest absolute Gasteiger partial charge is 0.341 e. The summed E-state index contributed by atoms with van der Waals surface area (Å²) in [7, 11) is -3.28. The molecule has 1 atom stereocenters. The number of hydrogen-bond donors (Lipinski definition) is 1. The Labute approximate surface area is 176 Å². The first-order chi connectivity index (χ1) is 14.4. The Morgan fingerprint density at radius 2 is 1.87 bits per heavy atom. The number of para-hydroxylation sites is 3. The Morgan fingerprint density at radius 1 is 1.13 bits per heavy atom. The molecule has 2 aromatic carbocycles. The maximum absolute atomic E-state index is 12.9. The fraction of sp³-hybridized carbons (Fsp3) is 0.364. The molecule has 1 aliphatic heterocycles. The summed E-state index contributed by atoms with van der Waals surface area (Å²) in [5.41, 5.74) is 2.93. The molecule has 30 heavy (non-hydrogen) atoms. The lowest BCUT2D eigenvalue weighted by atomic mass is 10.1. The normalized spacial score (nSPS) is 17.4. The molecule has 7 nitrogen and oxygen atoms in total. The van der Waals surface area contributed by atoms with Crippen LogP contribution in [-0.2, 0) is 21.2 Å². The molecular weight excluding hydrogens is 400 g/mol. The maximum Gasteiger partial charge on any atom is 0.223 e. The molecule has 1 unspecified atom stereocenters. The highest BCUT2D eigenvalue weighted by atomic mass is 32.2. The van der Waals surface area contributed by atoms with E-state index >= 15 is 0 Å². The van der Waals surface area contributed by atoms with E-state index in [1.165, 1.54) is 0 Å². The summed E-state index contributed by atoms with van der Waals surface area (Å²) in [6.07, 6.45) is 3.55. The number of fused-ring (bicyclic) bond motifs is 1. The molecule has 4 rings (SSSR count). The Kier molecular flexibility index (Phi) is 5.87. The molecule has 0 radical (unpaired) electrons. The van der Waals surface area contributed by atoms with Gasteiger partial charge in [0, 0.05) is 37.7 Å². The third-order valence-corrected chi connectivity index (χ3v) is 6.12. The predicted octanol–water partition coefficient (Wildman–Crippen LogP) is 2.50. The van der Waals surface area contributed by atoms with Gasteiger partial charge in [0.25, 0.3) is 0 Å². The van der Waals surface area contributed by atoms with Crippen molar-refractivity contribution in [3.63, 3.8) is 0 Å². The number of piperidine rings is 1. The maximum atomic E-state index is 12.9. The lowest BCUT2D eigenvalue weighted by Crippen LogP contribution is -2.49. The molecular formula is C22H26N4O3S. The second kappa shape index (κ2) is 8.57. The van der Waals surface area contributed by atoms with Crippen LogP contribution < -0.4 is 4.72 Å². The molecule has 1 fully saturated rings. The van der Waals surface area contributed by atoms with Crippen LogP contribution in [0.1, 0.15) is 25.1 Å². The van der Waals surface area contributed by atoms with Gasteiger partial charge in [0.15, 0.2) is 0 Å². The first-order valence-corrected chi connectivity index (χ1v) is 12.1. The van der Waals surface area contributed by atoms with Crippen LogP contribution in [0.15, 0.2) is 54.6 Å². The Morgan fingerprint density at radius 3 is 2.63 bits per heavy atom. The van der Waals surface area contributed by atoms with Crippen LogP contribution >= 0.6 is 0 Å². The average Bonchev–Trinajstić information content (AvgIpc) is 3.10. The molecule has 2 heterocycles. The number of amides is 1. The summed E-state index contributed by atoms with van der Waals surface area (Å²) in [4.78, 5) is 19.4. The second-order valence-corrected chi connectivity index (χ2v) is 9.54. The zero-order valence-electron chi connectivity index (χ0n) is 17.0. The van der Waals surface area contributed by atoms with Crippen LogP contribution in [-0.4, -0.2) is 54.2 Å². The smallest absolute Gasteiger partial charge is 0.223 e. The SMILES string of the molecule is CS(=O)(=O)NC1CCCN(C(=O)CCc2nc3ccccc3n2-c2ccccc2)C1. The van der Waals surface area contributed by atoms with Crippen molar-refractivity contribution in [1.29, 1.82) is 0 Å². The van der Waals surface area contributed by atoms with Gasteiger partial charge in [-0.05, 0) is 37.1 Å². The highest BCUT2D eigenvalue weighted by Crippen LogP contribution is 2.23. The van der Waals surface area contributed by atoms with Gasteiger partial charge in [-0.2, -0.15) is 0 Å². The van der Waals surface area contributed by atoms with Gasteiger partial charge in [0.05, 0.1) is 17.3 Å². The molecule has 3 aromatic rings. The number of carbonyl (C=O) groups is 1. The summed E-state index contributed by atoms with van der Waals surface area (Å²) in [6, 6.07) is 17.8. The van der Waals surface area contributed by atoms with Gasteiger partial charge in [-0.1, -0.05) is 30.3 Å². The van der Waals surface area contributed by atoms with Crippen LogP contribution in [0.25, 0.3) is 16.7 Å². The highest BCUT2D eigenvalue weighted by molar-refractivity contribution is 7.88. The first-order valence-electron chi connectivity index (χ1n) is 10.2. The minimum atomic E-state index is -3.28. The van der Waals surface area contributed by atoms with Crippen LogP contribution in [0.5, 0.6) is 0 Å². The van der Waals surface area contributed by atoms with E-state index in [9.17, 15) is 13.2 Å². The number of rotatable bonds is 6. The summed E-state index contributed by atoms with van der Waals surface area (Å²) in [5, 5.41) is 0. The minimum absolute atomic E-state index is 0.0293. The van der Waals surface area contributed by atoms with Crippen molar-refractivity contribution in [2.24, 2.45) is 0 Å². The third-order valence-electron chi connectivity index (χ3n) is 5.36. The zero-order valence-corrected chi connectivity index (χ0v) is 17.8. The van der Waals surface area contributed by atoms with Crippen LogP contribution in [0.3, 0.4) is 0 Å². The van der Waals surface area contributed by atoms with E-state index in [4.69, 9.17) is 4.98 Å². The van der Waals surface area contributed by atoms with Crippen molar-refractivity contribution < 1.29 is 13.2 Å². The lowest BCUT2D eigenvalue weighted by molar-refractivity contribution is -0.132. The van der Waals surface area contributed by atoms with Crippen LogP contribution in [0.4, 0.5) is 0 Å². The Balaban J connectivity index is 1.50. The number of imidazole rings is 1. The van der Waals surface area contributed by atoms with E-state index < -0.39 is 10.0 Å². The van der Waals surface area contributed by atoms with Crippen LogP contribution in [0, 0.1) is 0 Å². The van der Waals surface area contributed by atoms with E-state index in [1.807, 2.05) is 54.6 Å². The molecule has 0 bridgehead atoms. The second-order valence-electron chi connectivity index (χ2n) is 7.76. The van der Waals surface area contributed by atoms with Gasteiger partial charge in [0.2, 0.25) is 15.9 Å². The molecule has 0 spiro atoms. The average molecular weight is 427 g/mol. The highest BCUT2D eigenvalue weighted by Gasteiger charge is 2.25. The van der Waals surface area contributed by atoms with Gasteiger partial charge in [0.1, 0.15) is 5.82 Å². The zero-order chi connectivity index (χ0) is 21.1. The minimum Gasteiger partial charge on any atom is -0.341 e. The summed E-state index contributed by atoms with van der Waals surface area (Å²) in [6.45, 7) is 1.08.